The van der Waals surface area contributed by atoms with Crippen molar-refractivity contribution in [2.75, 3.05) is 0 Å². The highest BCUT2D eigenvalue weighted by Gasteiger charge is 2.32. The molecule has 0 fully saturated rings. The van der Waals surface area contributed by atoms with Crippen LogP contribution in [0.1, 0.15) is 27.1 Å². The van der Waals surface area contributed by atoms with Crippen molar-refractivity contribution in [3.63, 3.8) is 0 Å². The zero-order valence-electron chi connectivity index (χ0n) is 11.5. The van der Waals surface area contributed by atoms with Crippen molar-refractivity contribution in [2.24, 2.45) is 0 Å². The molecular formula is C15H18O3Si. The molecule has 0 atom stereocenters. The van der Waals surface area contributed by atoms with Gasteiger partial charge in [-0.25, -0.2) is 0 Å². The Morgan fingerprint density at radius 2 is 1.53 bits per heavy atom. The van der Waals surface area contributed by atoms with E-state index in [4.69, 9.17) is 0 Å². The fraction of sp³-hybridized carbons (Fsp3) is 0.333. The van der Waals surface area contributed by atoms with Crippen LogP contribution in [0.5, 0.6) is 0 Å². The van der Waals surface area contributed by atoms with Gasteiger partial charge in [0.15, 0.2) is 11.5 Å². The van der Waals surface area contributed by atoms with Gasteiger partial charge in [0.1, 0.15) is 0 Å². The molecule has 1 aliphatic rings. The Labute approximate surface area is 114 Å². The zero-order chi connectivity index (χ0) is 14.2. The predicted octanol–water partition coefficient (Wildman–Crippen LogP) is 3.61. The van der Waals surface area contributed by atoms with Crippen molar-refractivity contribution in [3.05, 3.63) is 46.7 Å². The van der Waals surface area contributed by atoms with Crippen LogP contribution in [0, 0.1) is 0 Å². The number of benzene rings is 1. The molecule has 1 aromatic rings. The molecule has 2 rings (SSSR count). The van der Waals surface area contributed by atoms with Gasteiger partial charge in [0.05, 0.1) is 0 Å². The highest BCUT2D eigenvalue weighted by molar-refractivity contribution is 6.76. The van der Waals surface area contributed by atoms with E-state index in [-0.39, 0.29) is 17.1 Å². The summed E-state index contributed by atoms with van der Waals surface area (Å²) in [5.74, 6) is -0.992. The van der Waals surface area contributed by atoms with E-state index in [0.717, 1.165) is 6.04 Å². The fourth-order valence-electron chi connectivity index (χ4n) is 2.15. The largest absolute Gasteiger partial charge is 0.504 e. The standard InChI is InChI=1S/C15H18O3Si/c1-19(2,3)9-8-12-13(16)10-6-4-5-7-11(10)14(17)15(12)18/h4-7,18H,8-9H2,1-3H3. The quantitative estimate of drug-likeness (QED) is 0.857. The van der Waals surface area contributed by atoms with E-state index in [2.05, 4.69) is 19.6 Å². The number of aliphatic hydroxyl groups excluding tert-OH is 1. The van der Waals surface area contributed by atoms with Crippen molar-refractivity contribution < 1.29 is 14.7 Å². The number of Topliss-reactive ketones (excluding diaryl/α,β-unsaturated/α-hetero) is 2. The van der Waals surface area contributed by atoms with E-state index in [1.54, 1.807) is 24.3 Å². The summed E-state index contributed by atoms with van der Waals surface area (Å²) in [4.78, 5) is 24.4. The Balaban J connectivity index is 2.38. The second-order valence-corrected chi connectivity index (χ2v) is 11.7. The molecule has 0 aliphatic heterocycles. The van der Waals surface area contributed by atoms with Gasteiger partial charge in [0.25, 0.3) is 0 Å². The Kier molecular flexibility index (Phi) is 3.45. The smallest absolute Gasteiger partial charge is 0.228 e. The van der Waals surface area contributed by atoms with Crippen LogP contribution in [-0.2, 0) is 0 Å². The van der Waals surface area contributed by atoms with Crippen molar-refractivity contribution in [2.45, 2.75) is 32.1 Å². The number of allylic oxidation sites excluding steroid dienone is 2. The molecule has 0 heterocycles. The van der Waals surface area contributed by atoms with Crippen molar-refractivity contribution in [3.8, 4) is 0 Å². The molecule has 4 heteroatoms. The highest BCUT2D eigenvalue weighted by Crippen LogP contribution is 2.29. The Hall–Kier alpha value is -1.68. The van der Waals surface area contributed by atoms with Gasteiger partial charge in [-0.1, -0.05) is 50.0 Å². The van der Waals surface area contributed by atoms with Gasteiger partial charge >= 0.3 is 0 Å². The SMILES string of the molecule is C[Si](C)(C)CCC1=C(O)C(=O)c2ccccc2C1=O. The van der Waals surface area contributed by atoms with Gasteiger partial charge in [0.2, 0.25) is 5.78 Å². The zero-order valence-corrected chi connectivity index (χ0v) is 12.5. The number of hydrogen-bond donors (Lipinski definition) is 1. The summed E-state index contributed by atoms with van der Waals surface area (Å²) in [6, 6.07) is 7.55. The topological polar surface area (TPSA) is 54.4 Å². The van der Waals surface area contributed by atoms with Crippen molar-refractivity contribution in [1.82, 2.24) is 0 Å². The summed E-state index contributed by atoms with van der Waals surface area (Å²) in [7, 11) is -1.32. The lowest BCUT2D eigenvalue weighted by atomic mass is 9.87. The molecule has 0 unspecified atom stereocenters. The summed E-state index contributed by atoms with van der Waals surface area (Å²) < 4.78 is 0. The van der Waals surface area contributed by atoms with Crippen molar-refractivity contribution >= 4 is 19.6 Å². The summed E-state index contributed by atoms with van der Waals surface area (Å²) in [5.41, 5.74) is 1.00. The number of aliphatic hydroxyl groups is 1. The average molecular weight is 274 g/mol. The average Bonchev–Trinajstić information content (AvgIpc) is 2.35. The van der Waals surface area contributed by atoms with E-state index >= 15 is 0 Å². The molecule has 0 saturated carbocycles. The van der Waals surface area contributed by atoms with Crippen LogP contribution in [0.3, 0.4) is 0 Å². The second kappa shape index (κ2) is 4.77. The lowest BCUT2D eigenvalue weighted by Crippen LogP contribution is -2.25. The summed E-state index contributed by atoms with van der Waals surface area (Å²) >= 11 is 0. The summed E-state index contributed by atoms with van der Waals surface area (Å²) in [6.45, 7) is 6.61. The minimum absolute atomic E-state index is 0.203. The fourth-order valence-corrected chi connectivity index (χ4v) is 3.15. The minimum atomic E-state index is -1.32. The summed E-state index contributed by atoms with van der Waals surface area (Å²) in [6.07, 6.45) is 0.487. The van der Waals surface area contributed by atoms with E-state index in [0.29, 0.717) is 17.5 Å². The first kappa shape index (κ1) is 13.7. The number of ketones is 2. The van der Waals surface area contributed by atoms with Gasteiger partial charge in [-0.2, -0.15) is 0 Å². The molecule has 0 amide bonds. The molecule has 1 N–H and O–H groups in total. The highest BCUT2D eigenvalue weighted by atomic mass is 28.3. The molecule has 0 spiro atoms. The minimum Gasteiger partial charge on any atom is -0.504 e. The molecule has 1 aromatic carbocycles. The maximum absolute atomic E-state index is 12.3. The van der Waals surface area contributed by atoms with Gasteiger partial charge in [-0.3, -0.25) is 9.59 Å². The number of rotatable bonds is 3. The maximum Gasteiger partial charge on any atom is 0.228 e. The Morgan fingerprint density at radius 1 is 1.00 bits per heavy atom. The van der Waals surface area contributed by atoms with Crippen LogP contribution in [-0.4, -0.2) is 24.7 Å². The van der Waals surface area contributed by atoms with Gasteiger partial charge in [-0.05, 0) is 6.42 Å². The third-order valence-corrected chi connectivity index (χ3v) is 5.07. The molecule has 1 aliphatic carbocycles. The molecule has 0 saturated heterocycles. The van der Waals surface area contributed by atoms with Crippen LogP contribution in [0.15, 0.2) is 35.6 Å². The number of hydrogen-bond acceptors (Lipinski definition) is 3. The number of carbonyl (C=O) groups excluding carboxylic acids is 2. The molecule has 0 radical (unpaired) electrons. The Bertz CT molecular complexity index is 579. The molecule has 19 heavy (non-hydrogen) atoms. The molecule has 100 valence electrons. The lowest BCUT2D eigenvalue weighted by molar-refractivity contribution is 0.0927. The van der Waals surface area contributed by atoms with Crippen molar-refractivity contribution in [1.29, 1.82) is 0 Å². The third-order valence-electron chi connectivity index (χ3n) is 3.32. The molecule has 0 bridgehead atoms. The second-order valence-electron chi connectivity index (χ2n) is 6.09. The van der Waals surface area contributed by atoms with E-state index < -0.39 is 13.9 Å². The van der Waals surface area contributed by atoms with Crippen LogP contribution in [0.4, 0.5) is 0 Å². The lowest BCUT2D eigenvalue weighted by Gasteiger charge is -2.20. The van der Waals surface area contributed by atoms with Crippen LogP contribution in [0.25, 0.3) is 0 Å². The maximum atomic E-state index is 12.3. The van der Waals surface area contributed by atoms with E-state index in [9.17, 15) is 14.7 Å². The normalized spacial score (nSPS) is 15.7. The first-order valence-corrected chi connectivity index (χ1v) is 10.1. The number of fused-ring (bicyclic) bond motifs is 1. The third kappa shape index (κ3) is 2.68. The van der Waals surface area contributed by atoms with Gasteiger partial charge in [-0.15, -0.1) is 0 Å². The van der Waals surface area contributed by atoms with E-state index in [1.165, 1.54) is 0 Å². The van der Waals surface area contributed by atoms with Crippen LogP contribution >= 0.6 is 0 Å². The van der Waals surface area contributed by atoms with Gasteiger partial charge < -0.3 is 5.11 Å². The number of carbonyl (C=O) groups is 2. The monoisotopic (exact) mass is 274 g/mol. The molecular weight excluding hydrogens is 256 g/mol. The first-order valence-electron chi connectivity index (χ1n) is 6.42. The van der Waals surface area contributed by atoms with Gasteiger partial charge in [0, 0.05) is 24.8 Å². The molecule has 3 nitrogen and oxygen atoms in total. The van der Waals surface area contributed by atoms with Crippen LogP contribution < -0.4 is 0 Å². The van der Waals surface area contributed by atoms with Crippen LogP contribution in [0.2, 0.25) is 25.7 Å². The summed E-state index contributed by atoms with van der Waals surface area (Å²) in [5, 5.41) is 9.98. The predicted molar refractivity (Wildman–Crippen MR) is 77.5 cm³/mol. The molecule has 0 aromatic heterocycles. The first-order chi connectivity index (χ1) is 8.81. The Morgan fingerprint density at radius 3 is 2.05 bits per heavy atom. The van der Waals surface area contributed by atoms with E-state index in [1.807, 2.05) is 0 Å².